The molecule has 3 heterocycles. The average molecular weight is 536 g/mol. The van der Waals surface area contributed by atoms with Crippen molar-refractivity contribution < 1.29 is 9.47 Å². The number of rotatable bonds is 4. The van der Waals surface area contributed by atoms with Crippen molar-refractivity contribution in [1.82, 2.24) is 0 Å². The van der Waals surface area contributed by atoms with Gasteiger partial charge in [0, 0.05) is 37.9 Å². The van der Waals surface area contributed by atoms with Gasteiger partial charge in [-0.25, -0.2) is 0 Å². The maximum absolute atomic E-state index is 6.39. The number of nitrogens with zero attached hydrogens (tertiary/aromatic N) is 1. The molecule has 5 aromatic rings. The van der Waals surface area contributed by atoms with Crippen LogP contribution in [0.25, 0.3) is 20.2 Å². The molecule has 1 aliphatic carbocycles. The Labute approximate surface area is 231 Å². The van der Waals surface area contributed by atoms with Gasteiger partial charge in [0.2, 0.25) is 5.79 Å². The highest BCUT2D eigenvalue weighted by Crippen LogP contribution is 2.58. The summed E-state index contributed by atoms with van der Waals surface area (Å²) in [4.78, 5) is 7.45. The molecule has 1 aliphatic heterocycles. The van der Waals surface area contributed by atoms with Crippen LogP contribution in [0.5, 0.6) is 0 Å². The summed E-state index contributed by atoms with van der Waals surface area (Å²) in [7, 11) is 0. The molecule has 190 valence electrons. The number of ether oxygens (including phenoxy) is 2. The molecule has 0 radical (unpaired) electrons. The molecule has 38 heavy (non-hydrogen) atoms. The molecule has 1 saturated heterocycles. The van der Waals surface area contributed by atoms with E-state index in [4.69, 9.17) is 9.47 Å². The minimum atomic E-state index is -0.740. The average Bonchev–Trinajstić information content (AvgIpc) is 3.61. The predicted octanol–water partition coefficient (Wildman–Crippen LogP) is 9.49. The fraction of sp³-hybridized carbons (Fsp3) is 0.212. The number of fused-ring (bicyclic) bond motifs is 5. The summed E-state index contributed by atoms with van der Waals surface area (Å²) in [5.74, 6) is -0.740. The minimum Gasteiger partial charge on any atom is -0.342 e. The van der Waals surface area contributed by atoms with Gasteiger partial charge in [-0.15, -0.1) is 22.7 Å². The Bertz CT molecular complexity index is 1560. The third-order valence-electron chi connectivity index (χ3n) is 7.40. The van der Waals surface area contributed by atoms with Crippen LogP contribution in [0.2, 0.25) is 0 Å². The van der Waals surface area contributed by atoms with E-state index in [0.717, 1.165) is 36.7 Å². The van der Waals surface area contributed by atoms with Gasteiger partial charge in [-0.3, -0.25) is 0 Å². The zero-order valence-corrected chi connectivity index (χ0v) is 23.4. The molecule has 7 rings (SSSR count). The van der Waals surface area contributed by atoms with Crippen molar-refractivity contribution in [2.45, 2.75) is 33.0 Å². The Kier molecular flexibility index (Phi) is 5.78. The molecule has 1 spiro atoms. The second-order valence-corrected chi connectivity index (χ2v) is 12.5. The number of benzene rings is 3. The van der Waals surface area contributed by atoms with E-state index >= 15 is 0 Å². The van der Waals surface area contributed by atoms with Gasteiger partial charge < -0.3 is 14.4 Å². The zero-order chi connectivity index (χ0) is 25.9. The number of anilines is 3. The lowest BCUT2D eigenvalue weighted by molar-refractivity contribution is -0.246. The van der Waals surface area contributed by atoms with Crippen LogP contribution in [0.3, 0.4) is 0 Å². The first-order valence-electron chi connectivity index (χ1n) is 13.1. The monoisotopic (exact) mass is 535 g/mol. The van der Waals surface area contributed by atoms with E-state index < -0.39 is 5.79 Å². The number of thiophene rings is 2. The van der Waals surface area contributed by atoms with Crippen molar-refractivity contribution in [3.05, 3.63) is 112 Å². The van der Waals surface area contributed by atoms with Crippen LogP contribution in [0.1, 0.15) is 33.6 Å². The van der Waals surface area contributed by atoms with Gasteiger partial charge in [0.05, 0.1) is 23.0 Å². The van der Waals surface area contributed by atoms with Crippen LogP contribution in [-0.4, -0.2) is 13.2 Å². The van der Waals surface area contributed by atoms with Crippen molar-refractivity contribution in [2.24, 2.45) is 0 Å². The second kappa shape index (κ2) is 9.21. The second-order valence-electron chi connectivity index (χ2n) is 10.2. The predicted molar refractivity (Wildman–Crippen MR) is 159 cm³/mol. The Balaban J connectivity index is 1.27. The zero-order valence-electron chi connectivity index (χ0n) is 21.8. The number of hydrogen-bond donors (Lipinski definition) is 0. The van der Waals surface area contributed by atoms with Crippen LogP contribution in [0.15, 0.2) is 84.9 Å². The van der Waals surface area contributed by atoms with Crippen LogP contribution in [0.4, 0.5) is 17.1 Å². The third-order valence-corrected chi connectivity index (χ3v) is 9.80. The molecular weight excluding hydrogens is 507 g/mol. The van der Waals surface area contributed by atoms with Crippen LogP contribution < -0.4 is 4.90 Å². The maximum Gasteiger partial charge on any atom is 0.225 e. The molecule has 2 aromatic heterocycles. The van der Waals surface area contributed by atoms with Crippen molar-refractivity contribution >= 4 is 39.7 Å². The van der Waals surface area contributed by atoms with Crippen molar-refractivity contribution in [1.29, 1.82) is 0 Å². The van der Waals surface area contributed by atoms with Crippen LogP contribution in [0, 0.1) is 20.8 Å². The van der Waals surface area contributed by atoms with Crippen molar-refractivity contribution in [3.63, 3.8) is 0 Å². The molecule has 0 atom stereocenters. The molecule has 3 nitrogen and oxygen atoms in total. The lowest BCUT2D eigenvalue weighted by Crippen LogP contribution is -2.36. The highest BCUT2D eigenvalue weighted by atomic mass is 32.1. The van der Waals surface area contributed by atoms with E-state index in [9.17, 15) is 0 Å². The van der Waals surface area contributed by atoms with Gasteiger partial charge in [-0.1, -0.05) is 47.5 Å². The highest BCUT2D eigenvalue weighted by molar-refractivity contribution is 7.24. The topological polar surface area (TPSA) is 21.7 Å². The number of aryl methyl sites for hydroxylation is 3. The summed E-state index contributed by atoms with van der Waals surface area (Å²) >= 11 is 3.69. The lowest BCUT2D eigenvalue weighted by Gasteiger charge is -2.34. The van der Waals surface area contributed by atoms with E-state index in [-0.39, 0.29) is 0 Å². The summed E-state index contributed by atoms with van der Waals surface area (Å²) < 4.78 is 12.8. The smallest absolute Gasteiger partial charge is 0.225 e. The Hall–Kier alpha value is -3.22. The third kappa shape index (κ3) is 3.85. The van der Waals surface area contributed by atoms with Crippen molar-refractivity contribution in [3.8, 4) is 20.2 Å². The first-order valence-corrected chi connectivity index (χ1v) is 14.7. The first-order chi connectivity index (χ1) is 18.5. The number of hydrogen-bond acceptors (Lipinski definition) is 5. The molecule has 0 N–H and O–H groups in total. The minimum absolute atomic E-state index is 0.724. The van der Waals surface area contributed by atoms with Crippen LogP contribution in [-0.2, 0) is 15.3 Å². The first kappa shape index (κ1) is 23.9. The molecule has 0 amide bonds. The highest BCUT2D eigenvalue weighted by Gasteiger charge is 2.49. The Morgan fingerprint density at radius 3 is 1.71 bits per heavy atom. The lowest BCUT2D eigenvalue weighted by atomic mass is 10.0. The summed E-state index contributed by atoms with van der Waals surface area (Å²) in [6.07, 6.45) is 0.937. The quantitative estimate of drug-likeness (QED) is 0.229. The SMILES string of the molecule is Cc1ccc(N(c2ccc(C)cc2)c2ccc(-c3cc4c(s3)-c3sc(C)cc3C43OCCCO3)cc2)cc1. The fourth-order valence-corrected chi connectivity index (χ4v) is 7.88. The molecule has 0 saturated carbocycles. The molecule has 5 heteroatoms. The Morgan fingerprint density at radius 2 is 1.13 bits per heavy atom. The van der Waals surface area contributed by atoms with E-state index in [1.807, 2.05) is 22.7 Å². The van der Waals surface area contributed by atoms with Gasteiger partial charge in [-0.05, 0) is 81.3 Å². The van der Waals surface area contributed by atoms with E-state index in [2.05, 4.69) is 111 Å². The van der Waals surface area contributed by atoms with Gasteiger partial charge in [0.1, 0.15) is 0 Å². The summed E-state index contributed by atoms with van der Waals surface area (Å²) in [5, 5.41) is 0. The summed E-state index contributed by atoms with van der Waals surface area (Å²) in [5.41, 5.74) is 9.52. The van der Waals surface area contributed by atoms with Gasteiger partial charge in [0.15, 0.2) is 0 Å². The molecule has 0 unspecified atom stereocenters. The van der Waals surface area contributed by atoms with Gasteiger partial charge in [0.25, 0.3) is 0 Å². The summed E-state index contributed by atoms with van der Waals surface area (Å²) in [6, 6.07) is 30.9. The Morgan fingerprint density at radius 1 is 0.632 bits per heavy atom. The standard InChI is InChI=1S/C33H29NO2S2/c1-21-5-11-25(12-6-21)34(26-13-7-22(2)8-14-26)27-15-9-24(10-16-27)30-20-29-32(38-30)31-28(19-23(3)37-31)33(29)35-17-4-18-36-33/h5-16,19-20H,4,17-18H2,1-3H3. The van der Waals surface area contributed by atoms with Crippen molar-refractivity contribution in [2.75, 3.05) is 18.1 Å². The van der Waals surface area contributed by atoms with E-state index in [0.29, 0.717) is 0 Å². The normalized spacial score (nSPS) is 15.4. The van der Waals surface area contributed by atoms with Gasteiger partial charge in [-0.2, -0.15) is 0 Å². The summed E-state index contributed by atoms with van der Waals surface area (Å²) in [6.45, 7) is 7.87. The maximum atomic E-state index is 6.39. The molecule has 0 bridgehead atoms. The molecular formula is C33H29NO2S2. The fourth-order valence-electron chi connectivity index (χ4n) is 5.47. The van der Waals surface area contributed by atoms with Gasteiger partial charge >= 0.3 is 0 Å². The molecule has 1 fully saturated rings. The molecule has 2 aliphatic rings. The van der Waals surface area contributed by atoms with Crippen LogP contribution >= 0.6 is 22.7 Å². The van der Waals surface area contributed by atoms with E-state index in [1.54, 1.807) is 0 Å². The largest absolute Gasteiger partial charge is 0.342 e. The molecule has 3 aromatic carbocycles. The van der Waals surface area contributed by atoms with E-state index in [1.165, 1.54) is 47.3 Å².